The van der Waals surface area contributed by atoms with E-state index >= 15 is 0 Å². The Balaban J connectivity index is 1.37. The highest BCUT2D eigenvalue weighted by atomic mass is 16.7. The Hall–Kier alpha value is -3.75. The summed E-state index contributed by atoms with van der Waals surface area (Å²) >= 11 is 0. The van der Waals surface area contributed by atoms with Crippen molar-refractivity contribution >= 4 is 27.8 Å². The molecule has 8 heteroatoms. The van der Waals surface area contributed by atoms with E-state index in [-0.39, 0.29) is 30.1 Å². The van der Waals surface area contributed by atoms with Gasteiger partial charge in [-0.3, -0.25) is 4.79 Å². The maximum Gasteiger partial charge on any atom is 0.286 e. The van der Waals surface area contributed by atoms with E-state index in [1.165, 1.54) is 0 Å². The van der Waals surface area contributed by atoms with Crippen LogP contribution >= 0.6 is 0 Å². The summed E-state index contributed by atoms with van der Waals surface area (Å²) in [5.41, 5.74) is 3.89. The quantitative estimate of drug-likeness (QED) is 0.257. The molecule has 4 aromatic rings. The first-order valence-electron chi connectivity index (χ1n) is 13.1. The molecule has 1 aliphatic heterocycles. The summed E-state index contributed by atoms with van der Waals surface area (Å²) in [5.74, 6) is 0.488. The van der Waals surface area contributed by atoms with Gasteiger partial charge in [-0.25, -0.2) is 0 Å². The van der Waals surface area contributed by atoms with Crippen LogP contribution in [0.2, 0.25) is 0 Å². The highest BCUT2D eigenvalue weighted by Gasteiger charge is 2.39. The number of nitrogens with one attached hydrogen (secondary N) is 2. The molecular formula is C30H34N2O6. The van der Waals surface area contributed by atoms with Crippen molar-refractivity contribution in [2.45, 2.75) is 38.4 Å². The van der Waals surface area contributed by atoms with Gasteiger partial charge < -0.3 is 34.0 Å². The first kappa shape index (κ1) is 25.9. The van der Waals surface area contributed by atoms with E-state index in [1.807, 2.05) is 61.7 Å². The molecule has 1 amide bonds. The Kier molecular flexibility index (Phi) is 8.00. The Bertz CT molecular complexity index is 1420. The van der Waals surface area contributed by atoms with Crippen LogP contribution in [0.15, 0.2) is 71.2 Å². The number of rotatable bonds is 11. The minimum atomic E-state index is -0.614. The highest BCUT2D eigenvalue weighted by Crippen LogP contribution is 2.42. The Morgan fingerprint density at radius 3 is 2.87 bits per heavy atom. The van der Waals surface area contributed by atoms with Gasteiger partial charge in [0, 0.05) is 59.6 Å². The molecule has 1 aliphatic rings. The number of aromatic nitrogens is 1. The fourth-order valence-electron chi connectivity index (χ4n) is 5.27. The van der Waals surface area contributed by atoms with Crippen molar-refractivity contribution in [2.75, 3.05) is 26.9 Å². The molecule has 3 heterocycles. The van der Waals surface area contributed by atoms with Gasteiger partial charge in [0.05, 0.1) is 13.4 Å². The molecule has 2 aromatic carbocycles. The van der Waals surface area contributed by atoms with Crippen molar-refractivity contribution in [2.24, 2.45) is 5.92 Å². The zero-order valence-electron chi connectivity index (χ0n) is 21.7. The molecule has 200 valence electrons. The lowest BCUT2D eigenvalue weighted by atomic mass is 9.80. The molecule has 0 unspecified atom stereocenters. The van der Waals surface area contributed by atoms with E-state index in [2.05, 4.69) is 10.3 Å². The Morgan fingerprint density at radius 2 is 2.05 bits per heavy atom. The lowest BCUT2D eigenvalue weighted by molar-refractivity contribution is -0.166. The zero-order chi connectivity index (χ0) is 26.5. The number of amides is 1. The second kappa shape index (κ2) is 11.8. The topological polar surface area (TPSA) is 106 Å². The minimum absolute atomic E-state index is 0.0744. The van der Waals surface area contributed by atoms with Gasteiger partial charge in [0.25, 0.3) is 5.91 Å². The van der Waals surface area contributed by atoms with Gasteiger partial charge in [-0.1, -0.05) is 18.2 Å². The molecule has 0 saturated heterocycles. The number of furan rings is 1. The van der Waals surface area contributed by atoms with E-state index in [0.717, 1.165) is 38.7 Å². The van der Waals surface area contributed by atoms with E-state index in [1.54, 1.807) is 13.4 Å². The molecule has 5 rings (SSSR count). The number of para-hydroxylation sites is 1. The van der Waals surface area contributed by atoms with Crippen LogP contribution in [-0.4, -0.2) is 49.2 Å². The average Bonchev–Trinajstić information content (AvgIpc) is 3.56. The summed E-state index contributed by atoms with van der Waals surface area (Å²) in [6.07, 6.45) is 6.92. The summed E-state index contributed by atoms with van der Waals surface area (Å²) in [5, 5.41) is 14.6. The van der Waals surface area contributed by atoms with Gasteiger partial charge in [-0.05, 0) is 62.1 Å². The van der Waals surface area contributed by atoms with Gasteiger partial charge in [-0.2, -0.15) is 0 Å². The summed E-state index contributed by atoms with van der Waals surface area (Å²) in [4.78, 5) is 16.6. The van der Waals surface area contributed by atoms with E-state index < -0.39 is 6.29 Å². The minimum Gasteiger partial charge on any atom is -0.497 e. The lowest BCUT2D eigenvalue weighted by Gasteiger charge is -2.36. The SMILES string of the molecule is CCO[C@H]1OC(C(=O)NCCc2c[nH]c3ccc(OC)cc23)=C[C@@H](c2coc3ccccc23)[C@H]1CCCO. The van der Waals surface area contributed by atoms with Gasteiger partial charge in [-0.15, -0.1) is 0 Å². The van der Waals surface area contributed by atoms with Crippen LogP contribution in [0.1, 0.15) is 36.8 Å². The van der Waals surface area contributed by atoms with Gasteiger partial charge in [0.2, 0.25) is 6.29 Å². The maximum atomic E-state index is 13.3. The third kappa shape index (κ3) is 5.28. The third-order valence-corrected chi connectivity index (χ3v) is 7.16. The van der Waals surface area contributed by atoms with Crippen LogP contribution in [0.3, 0.4) is 0 Å². The smallest absolute Gasteiger partial charge is 0.286 e. The van der Waals surface area contributed by atoms with Crippen molar-refractivity contribution in [3.05, 3.63) is 77.9 Å². The molecular weight excluding hydrogens is 484 g/mol. The molecule has 3 N–H and O–H groups in total. The second-order valence-corrected chi connectivity index (χ2v) is 9.45. The number of aliphatic hydroxyl groups excluding tert-OH is 1. The van der Waals surface area contributed by atoms with E-state index in [4.69, 9.17) is 18.6 Å². The summed E-state index contributed by atoms with van der Waals surface area (Å²) in [6.45, 7) is 2.86. The number of benzene rings is 2. The number of aromatic amines is 1. The number of H-pyrrole nitrogens is 1. The zero-order valence-corrected chi connectivity index (χ0v) is 21.7. The van der Waals surface area contributed by atoms with Crippen molar-refractivity contribution < 1.29 is 28.5 Å². The molecule has 38 heavy (non-hydrogen) atoms. The van der Waals surface area contributed by atoms with Crippen molar-refractivity contribution in [3.8, 4) is 5.75 Å². The fraction of sp³-hybridized carbons (Fsp3) is 0.367. The molecule has 0 aliphatic carbocycles. The summed E-state index contributed by atoms with van der Waals surface area (Å²) in [7, 11) is 1.65. The molecule has 0 fully saturated rings. The van der Waals surface area contributed by atoms with Crippen LogP contribution in [0.5, 0.6) is 5.75 Å². The van der Waals surface area contributed by atoms with Gasteiger partial charge in [0.1, 0.15) is 11.3 Å². The number of allylic oxidation sites excluding steroid dienone is 1. The Morgan fingerprint density at radius 1 is 1.18 bits per heavy atom. The van der Waals surface area contributed by atoms with Crippen molar-refractivity contribution in [3.63, 3.8) is 0 Å². The second-order valence-electron chi connectivity index (χ2n) is 9.45. The monoisotopic (exact) mass is 518 g/mol. The fourth-order valence-corrected chi connectivity index (χ4v) is 5.27. The summed E-state index contributed by atoms with van der Waals surface area (Å²) in [6, 6.07) is 13.8. The van der Waals surface area contributed by atoms with E-state index in [0.29, 0.717) is 32.4 Å². The van der Waals surface area contributed by atoms with Crippen LogP contribution < -0.4 is 10.1 Å². The number of aliphatic hydroxyl groups is 1. The number of fused-ring (bicyclic) bond motifs is 2. The predicted molar refractivity (Wildman–Crippen MR) is 145 cm³/mol. The molecule has 0 bridgehead atoms. The van der Waals surface area contributed by atoms with Gasteiger partial charge >= 0.3 is 0 Å². The normalized spacial score (nSPS) is 19.3. The molecule has 8 nitrogen and oxygen atoms in total. The first-order valence-corrected chi connectivity index (χ1v) is 13.1. The predicted octanol–water partition coefficient (Wildman–Crippen LogP) is 5.03. The van der Waals surface area contributed by atoms with Crippen LogP contribution in [0.4, 0.5) is 0 Å². The van der Waals surface area contributed by atoms with Gasteiger partial charge in [0.15, 0.2) is 5.76 Å². The Labute approximate surface area is 221 Å². The number of ether oxygens (including phenoxy) is 3. The van der Waals surface area contributed by atoms with Crippen LogP contribution in [0.25, 0.3) is 21.9 Å². The molecule has 0 spiro atoms. The van der Waals surface area contributed by atoms with Crippen LogP contribution in [-0.2, 0) is 20.7 Å². The molecule has 0 radical (unpaired) electrons. The van der Waals surface area contributed by atoms with Crippen molar-refractivity contribution in [1.29, 1.82) is 0 Å². The molecule has 0 saturated carbocycles. The number of hydrogen-bond acceptors (Lipinski definition) is 6. The number of hydrogen-bond donors (Lipinski definition) is 3. The number of methoxy groups -OCH3 is 1. The maximum absolute atomic E-state index is 13.3. The van der Waals surface area contributed by atoms with Crippen molar-refractivity contribution in [1.82, 2.24) is 10.3 Å². The number of carbonyl (C=O) groups is 1. The third-order valence-electron chi connectivity index (χ3n) is 7.16. The highest BCUT2D eigenvalue weighted by molar-refractivity contribution is 5.92. The molecule has 2 aromatic heterocycles. The van der Waals surface area contributed by atoms with E-state index in [9.17, 15) is 9.90 Å². The average molecular weight is 519 g/mol. The lowest BCUT2D eigenvalue weighted by Crippen LogP contribution is -2.39. The standard InChI is InChI=1S/C30H34N2O6/c1-3-36-30-22(8-6-14-33)24(25-18-37-27-9-5-4-7-21(25)27)16-28(38-30)29(34)31-13-12-19-17-32-26-11-10-20(35-2)15-23(19)26/h4-5,7,9-11,15-18,22,24,30,32-33H,3,6,8,12-14H2,1-2H3,(H,31,34)/t22-,24-,30+/m1/s1. The number of carbonyl (C=O) groups excluding carboxylic acids is 1. The first-order chi connectivity index (χ1) is 18.6. The largest absolute Gasteiger partial charge is 0.497 e. The van der Waals surface area contributed by atoms with Crippen LogP contribution in [0, 0.1) is 5.92 Å². The summed E-state index contributed by atoms with van der Waals surface area (Å²) < 4.78 is 23.3. The molecule has 3 atom stereocenters.